The van der Waals surface area contributed by atoms with E-state index in [9.17, 15) is 0 Å². The molecule has 0 heteroatoms. The first-order valence-electron chi connectivity index (χ1n) is 9.35. The van der Waals surface area contributed by atoms with Gasteiger partial charge in [-0.1, -0.05) is 83.1 Å². The molecule has 6 unspecified atom stereocenters. The van der Waals surface area contributed by atoms with Gasteiger partial charge in [-0.2, -0.15) is 0 Å². The van der Waals surface area contributed by atoms with Crippen molar-refractivity contribution >= 4 is 0 Å². The van der Waals surface area contributed by atoms with Gasteiger partial charge in [-0.05, 0) is 52.8 Å². The van der Waals surface area contributed by atoms with E-state index in [1.54, 1.807) is 0 Å². The van der Waals surface area contributed by atoms with E-state index >= 15 is 0 Å². The Morgan fingerprint density at radius 2 is 0.810 bits per heavy atom. The van der Waals surface area contributed by atoms with Crippen molar-refractivity contribution in [3.05, 3.63) is 0 Å². The minimum atomic E-state index is 0.405. The van der Waals surface area contributed by atoms with Crippen LogP contribution in [0, 0.1) is 52.8 Å². The summed E-state index contributed by atoms with van der Waals surface area (Å²) in [5, 5.41) is 0. The summed E-state index contributed by atoms with van der Waals surface area (Å²) in [6.07, 6.45) is 0. The zero-order chi connectivity index (χ0) is 17.1. The molecular formula is C21H44. The molecule has 0 N–H and O–H groups in total. The van der Waals surface area contributed by atoms with Gasteiger partial charge in [0.2, 0.25) is 0 Å². The second-order valence-electron chi connectivity index (χ2n) is 9.32. The van der Waals surface area contributed by atoms with Crippen molar-refractivity contribution < 1.29 is 0 Å². The summed E-state index contributed by atoms with van der Waals surface area (Å²) in [5.74, 6) is 6.23. The minimum absolute atomic E-state index is 0.405. The maximum absolute atomic E-state index is 2.49. The summed E-state index contributed by atoms with van der Waals surface area (Å²) in [6.45, 7) is 29.3. The molecule has 0 aromatic rings. The highest BCUT2D eigenvalue weighted by Gasteiger charge is 2.39. The molecule has 0 nitrogen and oxygen atoms in total. The molecule has 0 spiro atoms. The molecule has 0 rings (SSSR count). The molecule has 0 bridgehead atoms. The smallest absolute Gasteiger partial charge is 0.0298 e. The molecule has 0 fully saturated rings. The van der Waals surface area contributed by atoms with Crippen molar-refractivity contribution in [2.24, 2.45) is 52.8 Å². The van der Waals surface area contributed by atoms with E-state index in [2.05, 4.69) is 83.1 Å². The first-order chi connectivity index (χ1) is 9.35. The van der Waals surface area contributed by atoms with Crippen LogP contribution in [0.3, 0.4) is 0 Å². The van der Waals surface area contributed by atoms with E-state index in [4.69, 9.17) is 0 Å². The summed E-state index contributed by atoms with van der Waals surface area (Å²) in [6, 6.07) is 0. The zero-order valence-electron chi connectivity index (χ0n) is 17.1. The van der Waals surface area contributed by atoms with Crippen molar-refractivity contribution in [2.75, 3.05) is 0 Å². The topological polar surface area (TPSA) is 0 Å². The highest BCUT2D eigenvalue weighted by molar-refractivity contribution is 4.88. The Balaban J connectivity index is 5.02. The van der Waals surface area contributed by atoms with Crippen LogP contribution in [0.5, 0.6) is 0 Å². The van der Waals surface area contributed by atoms with Crippen LogP contribution in [0.25, 0.3) is 0 Å². The molecule has 0 aromatic heterocycles. The Hall–Kier alpha value is 0. The number of rotatable bonds is 8. The highest BCUT2D eigenvalue weighted by atomic mass is 14.4. The lowest BCUT2D eigenvalue weighted by Crippen LogP contribution is -2.39. The summed E-state index contributed by atoms with van der Waals surface area (Å²) in [5.41, 5.74) is 0.405. The molecule has 0 saturated carbocycles. The normalized spacial score (nSPS) is 22.0. The SMILES string of the molecule is CC(C)C(C)C(C)C(C)C(C)C(C)C(C)(C)C(C)C(C)C. The fraction of sp³-hybridized carbons (Fsp3) is 1.00. The van der Waals surface area contributed by atoms with Crippen LogP contribution in [0.1, 0.15) is 83.1 Å². The van der Waals surface area contributed by atoms with Gasteiger partial charge >= 0.3 is 0 Å². The third-order valence-electron chi connectivity index (χ3n) is 7.68. The Morgan fingerprint density at radius 1 is 0.429 bits per heavy atom. The molecule has 0 aliphatic rings. The summed E-state index contributed by atoms with van der Waals surface area (Å²) in [4.78, 5) is 0. The van der Waals surface area contributed by atoms with Crippen molar-refractivity contribution in [2.45, 2.75) is 83.1 Å². The molecule has 128 valence electrons. The van der Waals surface area contributed by atoms with Crippen molar-refractivity contribution in [1.82, 2.24) is 0 Å². The Bertz CT molecular complexity index is 286. The van der Waals surface area contributed by atoms with Crippen LogP contribution in [0.4, 0.5) is 0 Å². The summed E-state index contributed by atoms with van der Waals surface area (Å²) >= 11 is 0. The molecule has 0 amide bonds. The maximum Gasteiger partial charge on any atom is -0.0298 e. The number of hydrogen-bond donors (Lipinski definition) is 0. The average Bonchev–Trinajstić information content (AvgIpc) is 2.41. The van der Waals surface area contributed by atoms with Crippen molar-refractivity contribution in [3.8, 4) is 0 Å². The fourth-order valence-electron chi connectivity index (χ4n) is 3.97. The third-order valence-corrected chi connectivity index (χ3v) is 7.68. The van der Waals surface area contributed by atoms with E-state index in [1.807, 2.05) is 0 Å². The predicted molar refractivity (Wildman–Crippen MR) is 98.4 cm³/mol. The van der Waals surface area contributed by atoms with Gasteiger partial charge in [-0.15, -0.1) is 0 Å². The summed E-state index contributed by atoms with van der Waals surface area (Å²) < 4.78 is 0. The standard InChI is InChI=1S/C21H44/c1-13(2)15(5)16(6)17(7)18(8)20(10)21(11,12)19(9)14(3)4/h13-20H,1-12H3. The van der Waals surface area contributed by atoms with Crippen LogP contribution in [0.2, 0.25) is 0 Å². The monoisotopic (exact) mass is 296 g/mol. The van der Waals surface area contributed by atoms with Crippen LogP contribution in [0.15, 0.2) is 0 Å². The van der Waals surface area contributed by atoms with E-state index in [0.29, 0.717) is 5.41 Å². The highest BCUT2D eigenvalue weighted by Crippen LogP contribution is 2.46. The van der Waals surface area contributed by atoms with Crippen LogP contribution >= 0.6 is 0 Å². The van der Waals surface area contributed by atoms with E-state index in [-0.39, 0.29) is 0 Å². The second kappa shape index (κ2) is 8.02. The van der Waals surface area contributed by atoms with Gasteiger partial charge < -0.3 is 0 Å². The van der Waals surface area contributed by atoms with Gasteiger partial charge in [0.1, 0.15) is 0 Å². The molecule has 0 aliphatic heterocycles. The van der Waals surface area contributed by atoms with Gasteiger partial charge in [0.25, 0.3) is 0 Å². The molecule has 21 heavy (non-hydrogen) atoms. The van der Waals surface area contributed by atoms with Crippen LogP contribution in [-0.4, -0.2) is 0 Å². The van der Waals surface area contributed by atoms with Crippen LogP contribution < -0.4 is 0 Å². The van der Waals surface area contributed by atoms with Gasteiger partial charge in [-0.25, -0.2) is 0 Å². The van der Waals surface area contributed by atoms with Crippen molar-refractivity contribution in [1.29, 1.82) is 0 Å². The molecule has 0 aromatic carbocycles. The zero-order valence-corrected chi connectivity index (χ0v) is 17.1. The maximum atomic E-state index is 2.49. The van der Waals surface area contributed by atoms with E-state index < -0.39 is 0 Å². The first kappa shape index (κ1) is 21.0. The molecule has 0 heterocycles. The largest absolute Gasteiger partial charge is 0.0625 e. The van der Waals surface area contributed by atoms with Gasteiger partial charge in [-0.3, -0.25) is 0 Å². The Morgan fingerprint density at radius 3 is 1.14 bits per heavy atom. The molecule has 0 saturated heterocycles. The summed E-state index contributed by atoms with van der Waals surface area (Å²) in [7, 11) is 0. The minimum Gasteiger partial charge on any atom is -0.0625 e. The second-order valence-corrected chi connectivity index (χ2v) is 9.32. The van der Waals surface area contributed by atoms with E-state index in [0.717, 1.165) is 47.3 Å². The fourth-order valence-corrected chi connectivity index (χ4v) is 3.97. The van der Waals surface area contributed by atoms with Gasteiger partial charge in [0, 0.05) is 0 Å². The van der Waals surface area contributed by atoms with Crippen LogP contribution in [-0.2, 0) is 0 Å². The quantitative estimate of drug-likeness (QED) is 0.446. The first-order valence-corrected chi connectivity index (χ1v) is 9.35. The lowest BCUT2D eigenvalue weighted by Gasteiger charge is -2.46. The molecular weight excluding hydrogens is 252 g/mol. The van der Waals surface area contributed by atoms with Crippen molar-refractivity contribution in [3.63, 3.8) is 0 Å². The van der Waals surface area contributed by atoms with Gasteiger partial charge in [0.05, 0.1) is 0 Å². The Kier molecular flexibility index (Phi) is 8.02. The molecule has 0 radical (unpaired) electrons. The third kappa shape index (κ3) is 5.00. The molecule has 0 aliphatic carbocycles. The number of hydrogen-bond acceptors (Lipinski definition) is 0. The molecule has 6 atom stereocenters. The lowest BCUT2D eigenvalue weighted by molar-refractivity contribution is 0.0298. The van der Waals surface area contributed by atoms with E-state index in [1.165, 1.54) is 0 Å². The predicted octanol–water partition coefficient (Wildman–Crippen LogP) is 7.14. The van der Waals surface area contributed by atoms with Gasteiger partial charge in [0.15, 0.2) is 0 Å². The Labute approximate surface area is 136 Å². The lowest BCUT2D eigenvalue weighted by atomic mass is 9.60. The average molecular weight is 297 g/mol.